The van der Waals surface area contributed by atoms with Crippen molar-refractivity contribution in [3.05, 3.63) is 64.1 Å². The van der Waals surface area contributed by atoms with Gasteiger partial charge in [-0.3, -0.25) is 19.3 Å². The number of imidazole rings is 1. The molecule has 7 rings (SSSR count). The van der Waals surface area contributed by atoms with E-state index in [-0.39, 0.29) is 49.2 Å². The fraction of sp³-hybridized carbons (Fsp3) is 0.333. The van der Waals surface area contributed by atoms with Crippen molar-refractivity contribution < 1.29 is 28.9 Å². The van der Waals surface area contributed by atoms with E-state index in [2.05, 4.69) is 25.2 Å². The molecule has 0 saturated carbocycles. The molecule has 0 radical (unpaired) electrons. The molecule has 13 nitrogen and oxygen atoms in total. The number of pyridine rings is 1. The lowest BCUT2D eigenvalue weighted by Crippen LogP contribution is -2.46. The van der Waals surface area contributed by atoms with Gasteiger partial charge in [0.15, 0.2) is 11.5 Å². The lowest BCUT2D eigenvalue weighted by molar-refractivity contribution is 0.0516. The number of likely N-dealkylation sites (tertiary alicyclic amines) is 1. The number of aliphatic hydroxyl groups excluding tert-OH is 1. The molecule has 2 aromatic heterocycles. The van der Waals surface area contributed by atoms with Crippen molar-refractivity contribution >= 4 is 28.5 Å². The molecule has 3 aliphatic rings. The molecule has 13 heteroatoms. The van der Waals surface area contributed by atoms with E-state index in [0.29, 0.717) is 45.1 Å². The molecule has 1 fully saturated rings. The summed E-state index contributed by atoms with van der Waals surface area (Å²) in [4.78, 5) is 53.5. The smallest absolute Gasteiger partial charge is 0.261 e. The number of aromatic amines is 2. The molecule has 43 heavy (non-hydrogen) atoms. The summed E-state index contributed by atoms with van der Waals surface area (Å²) in [6.07, 6.45) is 2.08. The highest BCUT2D eigenvalue weighted by Crippen LogP contribution is 2.35. The lowest BCUT2D eigenvalue weighted by Gasteiger charge is -2.33. The van der Waals surface area contributed by atoms with E-state index in [0.717, 1.165) is 25.9 Å². The van der Waals surface area contributed by atoms with Gasteiger partial charge in [-0.15, -0.1) is 0 Å². The maximum atomic E-state index is 13.3. The minimum absolute atomic E-state index is 0.00199. The SMILES string of the molecule is CN1CCC(N2C(=O)c3cc4nc(-c5c(NCC(O)COc6ccc7c(c6)OCO7)cc[nH]c5=O)[nH]c4cc3C2=O)CC1. The first-order chi connectivity index (χ1) is 20.9. The zero-order valence-corrected chi connectivity index (χ0v) is 23.4. The fourth-order valence-electron chi connectivity index (χ4n) is 5.77. The van der Waals surface area contributed by atoms with Gasteiger partial charge in [-0.2, -0.15) is 0 Å². The van der Waals surface area contributed by atoms with Crippen LogP contribution in [0.1, 0.15) is 33.6 Å². The van der Waals surface area contributed by atoms with E-state index in [1.807, 2.05) is 7.05 Å². The van der Waals surface area contributed by atoms with Crippen LogP contribution in [0.3, 0.4) is 0 Å². The van der Waals surface area contributed by atoms with Crippen molar-refractivity contribution in [3.63, 3.8) is 0 Å². The third-order valence-corrected chi connectivity index (χ3v) is 8.09. The van der Waals surface area contributed by atoms with Gasteiger partial charge in [0, 0.05) is 24.8 Å². The molecule has 1 atom stereocenters. The largest absolute Gasteiger partial charge is 0.491 e. The van der Waals surface area contributed by atoms with Gasteiger partial charge in [0.2, 0.25) is 6.79 Å². The number of fused-ring (bicyclic) bond motifs is 3. The van der Waals surface area contributed by atoms with E-state index in [4.69, 9.17) is 14.2 Å². The predicted molar refractivity (Wildman–Crippen MR) is 156 cm³/mol. The highest BCUT2D eigenvalue weighted by Gasteiger charge is 2.41. The van der Waals surface area contributed by atoms with Gasteiger partial charge >= 0.3 is 0 Å². The Hall–Kier alpha value is -4.88. The molecule has 4 aromatic rings. The van der Waals surface area contributed by atoms with Crippen LogP contribution in [-0.4, -0.2) is 93.9 Å². The number of nitrogens with one attached hydrogen (secondary N) is 3. The Morgan fingerprint density at radius 3 is 2.65 bits per heavy atom. The summed E-state index contributed by atoms with van der Waals surface area (Å²) >= 11 is 0. The highest BCUT2D eigenvalue weighted by molar-refractivity contribution is 6.23. The molecule has 2 aromatic carbocycles. The number of amides is 2. The maximum Gasteiger partial charge on any atom is 0.261 e. The zero-order valence-electron chi connectivity index (χ0n) is 23.4. The number of aliphatic hydroxyl groups is 1. The molecule has 0 aliphatic carbocycles. The van der Waals surface area contributed by atoms with Crippen LogP contribution >= 0.6 is 0 Å². The molecule has 5 heterocycles. The van der Waals surface area contributed by atoms with E-state index in [1.54, 1.807) is 36.4 Å². The summed E-state index contributed by atoms with van der Waals surface area (Å²) in [5.41, 5.74) is 1.92. The van der Waals surface area contributed by atoms with Crippen molar-refractivity contribution in [2.75, 3.05) is 45.4 Å². The zero-order chi connectivity index (χ0) is 29.7. The topological polar surface area (TPSA) is 162 Å². The van der Waals surface area contributed by atoms with Crippen LogP contribution < -0.4 is 25.1 Å². The summed E-state index contributed by atoms with van der Waals surface area (Å²) in [6, 6.07) is 9.96. The number of ether oxygens (including phenoxy) is 3. The highest BCUT2D eigenvalue weighted by atomic mass is 16.7. The van der Waals surface area contributed by atoms with Crippen LogP contribution in [0.15, 0.2) is 47.4 Å². The second kappa shape index (κ2) is 10.7. The molecule has 0 spiro atoms. The van der Waals surface area contributed by atoms with Crippen LogP contribution in [-0.2, 0) is 0 Å². The minimum atomic E-state index is -0.902. The molecule has 0 bridgehead atoms. The number of aromatic nitrogens is 3. The Morgan fingerprint density at radius 1 is 1.07 bits per heavy atom. The van der Waals surface area contributed by atoms with E-state index in [9.17, 15) is 19.5 Å². The number of carbonyl (C=O) groups is 2. The number of anilines is 1. The summed E-state index contributed by atoms with van der Waals surface area (Å²) in [7, 11) is 2.03. The van der Waals surface area contributed by atoms with Crippen LogP contribution in [0.5, 0.6) is 17.2 Å². The van der Waals surface area contributed by atoms with E-state index >= 15 is 0 Å². The second-order valence-electron chi connectivity index (χ2n) is 11.0. The Balaban J connectivity index is 1.08. The van der Waals surface area contributed by atoms with Gasteiger partial charge in [-0.05, 0) is 63.3 Å². The average molecular weight is 587 g/mol. The lowest BCUT2D eigenvalue weighted by atomic mass is 10.0. The number of piperidine rings is 1. The minimum Gasteiger partial charge on any atom is -0.491 e. The fourth-order valence-corrected chi connectivity index (χ4v) is 5.77. The summed E-state index contributed by atoms with van der Waals surface area (Å²) in [5.74, 6) is 1.40. The van der Waals surface area contributed by atoms with Gasteiger partial charge in [-0.1, -0.05) is 0 Å². The third-order valence-electron chi connectivity index (χ3n) is 8.09. The summed E-state index contributed by atoms with van der Waals surface area (Å²) in [6.45, 7) is 1.90. The van der Waals surface area contributed by atoms with Gasteiger partial charge in [0.1, 0.15) is 29.8 Å². The Bertz CT molecular complexity index is 1740. The number of hydrogen-bond acceptors (Lipinski definition) is 10. The van der Waals surface area contributed by atoms with Crippen molar-refractivity contribution in [2.45, 2.75) is 25.0 Å². The molecular formula is C30H30N6O7. The van der Waals surface area contributed by atoms with Crippen molar-refractivity contribution in [1.82, 2.24) is 24.8 Å². The van der Waals surface area contributed by atoms with Gasteiger partial charge < -0.3 is 39.5 Å². The number of hydrogen-bond donors (Lipinski definition) is 4. The number of rotatable bonds is 8. The predicted octanol–water partition coefficient (Wildman–Crippen LogP) is 2.19. The Kier molecular flexibility index (Phi) is 6.75. The normalized spacial score (nSPS) is 17.5. The van der Waals surface area contributed by atoms with Crippen LogP contribution in [0.25, 0.3) is 22.4 Å². The monoisotopic (exact) mass is 586 g/mol. The number of H-pyrrole nitrogens is 2. The van der Waals surface area contributed by atoms with Gasteiger partial charge in [-0.25, -0.2) is 4.98 Å². The number of imide groups is 1. The number of carbonyl (C=O) groups excluding carboxylic acids is 2. The molecule has 222 valence electrons. The summed E-state index contributed by atoms with van der Waals surface area (Å²) < 4.78 is 16.3. The third kappa shape index (κ3) is 4.96. The first-order valence-electron chi connectivity index (χ1n) is 14.1. The second-order valence-corrected chi connectivity index (χ2v) is 11.0. The van der Waals surface area contributed by atoms with E-state index in [1.165, 1.54) is 11.1 Å². The molecular weight excluding hydrogens is 556 g/mol. The maximum absolute atomic E-state index is 13.3. The molecule has 3 aliphatic heterocycles. The standard InChI is InChI=1S/C30H30N6O7/c1-35-8-5-16(6-9-35)36-29(39)19-11-22-23(12-20(19)30(36)40)34-27(33-22)26-21(4-7-31-28(26)38)32-13-17(37)14-41-18-2-3-24-25(10-18)43-15-42-24/h2-4,7,10-12,16-17,37H,5-6,8-9,13-15H2,1H3,(H,33,34)(H2,31,32,38). The quantitative estimate of drug-likeness (QED) is 0.225. The number of nitrogens with zero attached hydrogens (tertiary/aromatic N) is 3. The Labute approximate surface area is 245 Å². The van der Waals surface area contributed by atoms with Crippen LogP contribution in [0.2, 0.25) is 0 Å². The van der Waals surface area contributed by atoms with Crippen LogP contribution in [0.4, 0.5) is 5.69 Å². The molecule has 1 saturated heterocycles. The molecule has 1 unspecified atom stereocenters. The van der Waals surface area contributed by atoms with Crippen LogP contribution in [0, 0.1) is 0 Å². The first-order valence-corrected chi connectivity index (χ1v) is 14.1. The van der Waals surface area contributed by atoms with Crippen molar-refractivity contribution in [3.8, 4) is 28.6 Å². The van der Waals surface area contributed by atoms with Crippen molar-refractivity contribution in [1.29, 1.82) is 0 Å². The first kappa shape index (κ1) is 27.0. The summed E-state index contributed by atoms with van der Waals surface area (Å²) in [5, 5.41) is 13.7. The average Bonchev–Trinajstić information content (AvgIpc) is 3.70. The number of benzene rings is 2. The van der Waals surface area contributed by atoms with E-state index < -0.39 is 11.7 Å². The Morgan fingerprint density at radius 2 is 1.84 bits per heavy atom. The van der Waals surface area contributed by atoms with Crippen molar-refractivity contribution in [2.24, 2.45) is 0 Å². The van der Waals surface area contributed by atoms with Gasteiger partial charge in [0.25, 0.3) is 17.4 Å². The molecule has 2 amide bonds. The molecule has 4 N–H and O–H groups in total. The van der Waals surface area contributed by atoms with Gasteiger partial charge in [0.05, 0.1) is 27.8 Å².